The van der Waals surface area contributed by atoms with Crippen LogP contribution in [0.15, 0.2) is 22.6 Å². The van der Waals surface area contributed by atoms with Crippen LogP contribution in [-0.2, 0) is 15.8 Å². The molecule has 0 fully saturated rings. The second-order valence-corrected chi connectivity index (χ2v) is 5.06. The van der Waals surface area contributed by atoms with E-state index in [1.807, 2.05) is 6.92 Å². The molecule has 0 saturated heterocycles. The number of fused-ring (bicyclic) bond motifs is 1. The molecule has 6 heteroatoms. The quantitative estimate of drug-likeness (QED) is 0.822. The highest BCUT2D eigenvalue weighted by Crippen LogP contribution is 2.27. The maximum Gasteiger partial charge on any atom is 0.259 e. The monoisotopic (exact) mass is 240 g/mol. The van der Waals surface area contributed by atoms with Gasteiger partial charge >= 0.3 is 0 Å². The summed E-state index contributed by atoms with van der Waals surface area (Å²) >= 11 is 0. The molecule has 1 heterocycles. The van der Waals surface area contributed by atoms with E-state index in [1.54, 1.807) is 18.2 Å². The SMILES string of the molecule is CCOc1cccc2c1C(N)=NS(=O)(=O)C2. The molecule has 0 aliphatic carbocycles. The van der Waals surface area contributed by atoms with Crippen molar-refractivity contribution < 1.29 is 13.2 Å². The molecule has 1 aliphatic heterocycles. The van der Waals surface area contributed by atoms with Crippen LogP contribution in [0.25, 0.3) is 0 Å². The van der Waals surface area contributed by atoms with Gasteiger partial charge in [0, 0.05) is 0 Å². The van der Waals surface area contributed by atoms with Gasteiger partial charge in [-0.15, -0.1) is 4.40 Å². The minimum Gasteiger partial charge on any atom is -0.493 e. The topological polar surface area (TPSA) is 81.8 Å². The third-order valence-electron chi connectivity index (χ3n) is 2.24. The number of hydrogen-bond donors (Lipinski definition) is 1. The van der Waals surface area contributed by atoms with Crippen LogP contribution in [0.2, 0.25) is 0 Å². The number of hydrogen-bond acceptors (Lipinski definition) is 4. The molecule has 86 valence electrons. The fraction of sp³-hybridized carbons (Fsp3) is 0.300. The third kappa shape index (κ3) is 1.88. The number of nitrogens with two attached hydrogens (primary N) is 1. The highest BCUT2D eigenvalue weighted by molar-refractivity contribution is 7.89. The molecule has 0 aromatic heterocycles. The van der Waals surface area contributed by atoms with Crippen LogP contribution in [0.1, 0.15) is 18.1 Å². The van der Waals surface area contributed by atoms with Crippen molar-refractivity contribution in [1.82, 2.24) is 0 Å². The normalized spacial score (nSPS) is 17.4. The molecule has 0 spiro atoms. The summed E-state index contributed by atoms with van der Waals surface area (Å²) in [6.07, 6.45) is 0. The van der Waals surface area contributed by atoms with Crippen LogP contribution in [0.4, 0.5) is 0 Å². The Labute approximate surface area is 94.0 Å². The van der Waals surface area contributed by atoms with Crippen LogP contribution in [0.5, 0.6) is 5.75 Å². The average molecular weight is 240 g/mol. The minimum absolute atomic E-state index is 0.00491. The summed E-state index contributed by atoms with van der Waals surface area (Å²) in [5, 5.41) is 0. The molecular weight excluding hydrogens is 228 g/mol. The van der Waals surface area contributed by atoms with Crippen molar-refractivity contribution in [3.63, 3.8) is 0 Å². The first-order chi connectivity index (χ1) is 7.53. The second-order valence-electron chi connectivity index (χ2n) is 3.43. The maximum absolute atomic E-state index is 11.4. The molecule has 0 unspecified atom stereocenters. The molecule has 0 radical (unpaired) electrons. The lowest BCUT2D eigenvalue weighted by Gasteiger charge is -2.17. The van der Waals surface area contributed by atoms with Crippen molar-refractivity contribution in [2.75, 3.05) is 6.61 Å². The van der Waals surface area contributed by atoms with Crippen LogP contribution >= 0.6 is 0 Å². The lowest BCUT2D eigenvalue weighted by atomic mass is 10.1. The number of amidine groups is 1. The van der Waals surface area contributed by atoms with E-state index in [4.69, 9.17) is 10.5 Å². The fourth-order valence-electron chi connectivity index (χ4n) is 1.69. The van der Waals surface area contributed by atoms with Gasteiger partial charge in [-0.2, -0.15) is 0 Å². The molecule has 2 N–H and O–H groups in total. The van der Waals surface area contributed by atoms with E-state index < -0.39 is 10.0 Å². The zero-order chi connectivity index (χ0) is 11.8. The van der Waals surface area contributed by atoms with Gasteiger partial charge in [0.05, 0.1) is 17.9 Å². The van der Waals surface area contributed by atoms with Gasteiger partial charge in [0.2, 0.25) is 0 Å². The molecule has 0 saturated carbocycles. The summed E-state index contributed by atoms with van der Waals surface area (Å²) in [7, 11) is -3.47. The molecule has 2 rings (SSSR count). The van der Waals surface area contributed by atoms with E-state index in [9.17, 15) is 8.42 Å². The van der Waals surface area contributed by atoms with Gasteiger partial charge < -0.3 is 10.5 Å². The summed E-state index contributed by atoms with van der Waals surface area (Å²) in [5.74, 6) is 0.464. The van der Waals surface area contributed by atoms with Crippen LogP contribution in [0.3, 0.4) is 0 Å². The van der Waals surface area contributed by atoms with Crippen molar-refractivity contribution in [2.24, 2.45) is 10.1 Å². The first-order valence-corrected chi connectivity index (χ1v) is 6.47. The fourth-order valence-corrected chi connectivity index (χ4v) is 2.78. The zero-order valence-electron chi connectivity index (χ0n) is 8.80. The molecule has 16 heavy (non-hydrogen) atoms. The summed E-state index contributed by atoms with van der Waals surface area (Å²) in [5.41, 5.74) is 6.88. The van der Waals surface area contributed by atoms with Gasteiger partial charge in [-0.05, 0) is 18.6 Å². The third-order valence-corrected chi connectivity index (χ3v) is 3.39. The number of nitrogens with zero attached hydrogens (tertiary/aromatic N) is 1. The Balaban J connectivity index is 2.60. The summed E-state index contributed by atoms with van der Waals surface area (Å²) in [6, 6.07) is 5.22. The summed E-state index contributed by atoms with van der Waals surface area (Å²) in [6.45, 7) is 2.35. The molecular formula is C10H12N2O3S. The molecule has 5 nitrogen and oxygen atoms in total. The number of sulfonamides is 1. The second kappa shape index (κ2) is 3.79. The van der Waals surface area contributed by atoms with E-state index in [-0.39, 0.29) is 11.6 Å². The highest BCUT2D eigenvalue weighted by atomic mass is 32.2. The van der Waals surface area contributed by atoms with Gasteiger partial charge in [-0.3, -0.25) is 0 Å². The lowest BCUT2D eigenvalue weighted by Crippen LogP contribution is -2.24. The van der Waals surface area contributed by atoms with Gasteiger partial charge in [0.15, 0.2) is 0 Å². The van der Waals surface area contributed by atoms with Crippen LogP contribution < -0.4 is 10.5 Å². The minimum atomic E-state index is -3.47. The Bertz CT molecular complexity index is 549. The molecule has 1 aliphatic rings. The van der Waals surface area contributed by atoms with Gasteiger partial charge in [-0.1, -0.05) is 12.1 Å². The van der Waals surface area contributed by atoms with E-state index in [0.717, 1.165) is 0 Å². The first kappa shape index (κ1) is 10.9. The van der Waals surface area contributed by atoms with E-state index >= 15 is 0 Å². The van der Waals surface area contributed by atoms with Crippen molar-refractivity contribution in [1.29, 1.82) is 0 Å². The molecule has 0 atom stereocenters. The van der Waals surface area contributed by atoms with Gasteiger partial charge in [-0.25, -0.2) is 8.42 Å². The molecule has 1 aromatic carbocycles. The largest absolute Gasteiger partial charge is 0.493 e. The molecule has 0 bridgehead atoms. The number of benzene rings is 1. The summed E-state index contributed by atoms with van der Waals surface area (Å²) in [4.78, 5) is 0. The Morgan fingerprint density at radius 1 is 1.50 bits per heavy atom. The Morgan fingerprint density at radius 2 is 2.25 bits per heavy atom. The van der Waals surface area contributed by atoms with Gasteiger partial charge in [0.1, 0.15) is 11.6 Å². The van der Waals surface area contributed by atoms with Gasteiger partial charge in [0.25, 0.3) is 10.0 Å². The first-order valence-electron chi connectivity index (χ1n) is 4.86. The Kier molecular flexibility index (Phi) is 2.59. The Morgan fingerprint density at radius 3 is 2.94 bits per heavy atom. The smallest absolute Gasteiger partial charge is 0.259 e. The van der Waals surface area contributed by atoms with E-state index in [1.165, 1.54) is 0 Å². The highest BCUT2D eigenvalue weighted by Gasteiger charge is 2.24. The van der Waals surface area contributed by atoms with Crippen molar-refractivity contribution in [3.05, 3.63) is 29.3 Å². The van der Waals surface area contributed by atoms with Crippen molar-refractivity contribution >= 4 is 15.9 Å². The standard InChI is InChI=1S/C10H12N2O3S/c1-2-15-8-5-3-4-7-6-16(13,14)12-10(11)9(7)8/h3-5H,2,6H2,1H3,(H2,11,12). The maximum atomic E-state index is 11.4. The van der Waals surface area contributed by atoms with Crippen molar-refractivity contribution in [3.8, 4) is 5.75 Å². The predicted octanol–water partition coefficient (Wildman–Crippen LogP) is 0.634. The number of ether oxygens (including phenoxy) is 1. The zero-order valence-corrected chi connectivity index (χ0v) is 9.62. The lowest BCUT2D eigenvalue weighted by molar-refractivity contribution is 0.339. The molecule has 0 amide bonds. The predicted molar refractivity (Wildman–Crippen MR) is 61.0 cm³/mol. The van der Waals surface area contributed by atoms with E-state index in [0.29, 0.717) is 23.5 Å². The molecule has 1 aromatic rings. The average Bonchev–Trinajstić information content (AvgIpc) is 2.15. The van der Waals surface area contributed by atoms with Crippen molar-refractivity contribution in [2.45, 2.75) is 12.7 Å². The Hall–Kier alpha value is -1.56. The van der Waals surface area contributed by atoms with Crippen LogP contribution in [-0.4, -0.2) is 20.9 Å². The summed E-state index contributed by atoms with van der Waals surface area (Å²) < 4.78 is 31.6. The van der Waals surface area contributed by atoms with Crippen LogP contribution in [0, 0.1) is 0 Å². The number of rotatable bonds is 2. The van der Waals surface area contributed by atoms with E-state index in [2.05, 4.69) is 4.40 Å².